The van der Waals surface area contributed by atoms with Crippen molar-refractivity contribution in [3.8, 4) is 11.5 Å². The first-order valence-electron chi connectivity index (χ1n) is 6.32. The minimum Gasteiger partial charge on any atom is -0.457 e. The van der Waals surface area contributed by atoms with E-state index in [4.69, 9.17) is 10.5 Å². The normalized spacial score (nSPS) is 12.2. The van der Waals surface area contributed by atoms with Crippen LogP contribution in [0, 0.1) is 0 Å². The largest absolute Gasteiger partial charge is 0.457 e. The summed E-state index contributed by atoms with van der Waals surface area (Å²) in [4.78, 5) is 0. The van der Waals surface area contributed by atoms with E-state index in [2.05, 4.69) is 19.1 Å². The highest BCUT2D eigenvalue weighted by Gasteiger charge is 2.07. The molecule has 2 N–H and O–H groups in total. The van der Waals surface area contributed by atoms with Crippen LogP contribution >= 0.6 is 0 Å². The highest BCUT2D eigenvalue weighted by molar-refractivity contribution is 5.39. The molecule has 0 heterocycles. The molecule has 0 bridgehead atoms. The summed E-state index contributed by atoms with van der Waals surface area (Å²) in [7, 11) is 0. The fourth-order valence-corrected chi connectivity index (χ4v) is 1.87. The molecule has 0 amide bonds. The van der Waals surface area contributed by atoms with E-state index >= 15 is 0 Å². The second kappa shape index (κ2) is 5.69. The van der Waals surface area contributed by atoms with E-state index in [1.165, 1.54) is 5.56 Å². The van der Waals surface area contributed by atoms with Gasteiger partial charge in [0.15, 0.2) is 0 Å². The molecule has 94 valence electrons. The van der Waals surface area contributed by atoms with E-state index in [0.29, 0.717) is 0 Å². The van der Waals surface area contributed by atoms with Gasteiger partial charge in [0.05, 0.1) is 0 Å². The van der Waals surface area contributed by atoms with Gasteiger partial charge in [-0.25, -0.2) is 0 Å². The first-order chi connectivity index (χ1) is 8.70. The SMILES string of the molecule is CCc1ccc(Oc2ccccc2[C@@H](C)N)cc1. The zero-order valence-corrected chi connectivity index (χ0v) is 10.9. The molecule has 0 fully saturated rings. The predicted molar refractivity (Wildman–Crippen MR) is 74.9 cm³/mol. The van der Waals surface area contributed by atoms with Crippen molar-refractivity contribution in [2.45, 2.75) is 26.3 Å². The maximum absolute atomic E-state index is 5.93. The Labute approximate surface area is 108 Å². The lowest BCUT2D eigenvalue weighted by Crippen LogP contribution is -2.06. The highest BCUT2D eigenvalue weighted by atomic mass is 16.5. The lowest BCUT2D eigenvalue weighted by atomic mass is 10.1. The van der Waals surface area contributed by atoms with Crippen LogP contribution in [0.5, 0.6) is 11.5 Å². The molecule has 0 unspecified atom stereocenters. The predicted octanol–water partition coefficient (Wildman–Crippen LogP) is 4.06. The summed E-state index contributed by atoms with van der Waals surface area (Å²) >= 11 is 0. The Morgan fingerprint density at radius 1 is 1.06 bits per heavy atom. The molecule has 0 aliphatic carbocycles. The van der Waals surface area contributed by atoms with Gasteiger partial charge in [0.25, 0.3) is 0 Å². The number of nitrogens with two attached hydrogens (primary N) is 1. The van der Waals surface area contributed by atoms with Crippen molar-refractivity contribution in [3.63, 3.8) is 0 Å². The van der Waals surface area contributed by atoms with Gasteiger partial charge >= 0.3 is 0 Å². The van der Waals surface area contributed by atoms with Crippen molar-refractivity contribution < 1.29 is 4.74 Å². The van der Waals surface area contributed by atoms with Gasteiger partial charge in [-0.15, -0.1) is 0 Å². The number of benzene rings is 2. The van der Waals surface area contributed by atoms with Crippen LogP contribution in [0.4, 0.5) is 0 Å². The first kappa shape index (κ1) is 12.7. The zero-order chi connectivity index (χ0) is 13.0. The van der Waals surface area contributed by atoms with Crippen LogP contribution in [0.3, 0.4) is 0 Å². The minimum atomic E-state index is -0.0314. The second-order valence-electron chi connectivity index (χ2n) is 4.43. The molecule has 2 heteroatoms. The highest BCUT2D eigenvalue weighted by Crippen LogP contribution is 2.28. The smallest absolute Gasteiger partial charge is 0.132 e. The third kappa shape index (κ3) is 2.90. The summed E-state index contributed by atoms with van der Waals surface area (Å²) in [5, 5.41) is 0. The van der Waals surface area contributed by atoms with E-state index in [0.717, 1.165) is 23.5 Å². The fraction of sp³-hybridized carbons (Fsp3) is 0.250. The Morgan fingerprint density at radius 2 is 1.72 bits per heavy atom. The molecule has 2 aromatic carbocycles. The van der Waals surface area contributed by atoms with Crippen LogP contribution in [0.2, 0.25) is 0 Å². The molecule has 18 heavy (non-hydrogen) atoms. The molecule has 0 aliphatic rings. The Bertz CT molecular complexity index is 503. The molecule has 2 aromatic rings. The molecule has 0 radical (unpaired) electrons. The van der Waals surface area contributed by atoms with Crippen molar-refractivity contribution in [2.24, 2.45) is 5.73 Å². The number of hydrogen-bond acceptors (Lipinski definition) is 2. The van der Waals surface area contributed by atoms with Gasteiger partial charge in [-0.1, -0.05) is 37.3 Å². The van der Waals surface area contributed by atoms with Crippen molar-refractivity contribution in [3.05, 3.63) is 59.7 Å². The van der Waals surface area contributed by atoms with Gasteiger partial charge in [-0.3, -0.25) is 0 Å². The molecular weight excluding hydrogens is 222 g/mol. The molecular formula is C16H19NO. The van der Waals surface area contributed by atoms with Crippen LogP contribution in [0.25, 0.3) is 0 Å². The van der Waals surface area contributed by atoms with Crippen LogP contribution in [-0.2, 0) is 6.42 Å². The second-order valence-corrected chi connectivity index (χ2v) is 4.43. The van der Waals surface area contributed by atoms with E-state index in [1.54, 1.807) is 0 Å². The average Bonchev–Trinajstić information content (AvgIpc) is 2.40. The van der Waals surface area contributed by atoms with Gasteiger partial charge in [0, 0.05) is 11.6 Å². The fourth-order valence-electron chi connectivity index (χ4n) is 1.87. The number of ether oxygens (including phenoxy) is 1. The topological polar surface area (TPSA) is 35.2 Å². The van der Waals surface area contributed by atoms with Crippen molar-refractivity contribution in [1.29, 1.82) is 0 Å². The van der Waals surface area contributed by atoms with Gasteiger partial charge in [0.1, 0.15) is 11.5 Å². The summed E-state index contributed by atoms with van der Waals surface area (Å²) in [5.74, 6) is 1.68. The van der Waals surface area contributed by atoms with E-state index in [-0.39, 0.29) is 6.04 Å². The Kier molecular flexibility index (Phi) is 4.00. The van der Waals surface area contributed by atoms with Gasteiger partial charge < -0.3 is 10.5 Å². The lowest BCUT2D eigenvalue weighted by Gasteiger charge is -2.13. The molecule has 2 nitrogen and oxygen atoms in total. The van der Waals surface area contributed by atoms with Crippen molar-refractivity contribution in [2.75, 3.05) is 0 Å². The van der Waals surface area contributed by atoms with Crippen LogP contribution < -0.4 is 10.5 Å². The maximum Gasteiger partial charge on any atom is 0.132 e. The van der Waals surface area contributed by atoms with Gasteiger partial charge in [0.2, 0.25) is 0 Å². The van der Waals surface area contributed by atoms with E-state index < -0.39 is 0 Å². The minimum absolute atomic E-state index is 0.0314. The number of para-hydroxylation sites is 1. The number of aryl methyl sites for hydroxylation is 1. The Balaban J connectivity index is 2.22. The zero-order valence-electron chi connectivity index (χ0n) is 10.9. The Morgan fingerprint density at radius 3 is 2.33 bits per heavy atom. The summed E-state index contributed by atoms with van der Waals surface area (Å²) in [6.45, 7) is 4.10. The van der Waals surface area contributed by atoms with Crippen LogP contribution in [0.15, 0.2) is 48.5 Å². The summed E-state index contributed by atoms with van der Waals surface area (Å²) in [6.07, 6.45) is 1.04. The molecule has 0 aromatic heterocycles. The quantitative estimate of drug-likeness (QED) is 0.876. The molecule has 0 saturated carbocycles. The van der Waals surface area contributed by atoms with Crippen LogP contribution in [-0.4, -0.2) is 0 Å². The van der Waals surface area contributed by atoms with Gasteiger partial charge in [-0.05, 0) is 37.1 Å². The summed E-state index contributed by atoms with van der Waals surface area (Å²) in [5.41, 5.74) is 8.27. The summed E-state index contributed by atoms with van der Waals surface area (Å²) < 4.78 is 5.89. The van der Waals surface area contributed by atoms with E-state index in [9.17, 15) is 0 Å². The third-order valence-corrected chi connectivity index (χ3v) is 2.97. The van der Waals surface area contributed by atoms with Crippen molar-refractivity contribution in [1.82, 2.24) is 0 Å². The monoisotopic (exact) mass is 241 g/mol. The van der Waals surface area contributed by atoms with Gasteiger partial charge in [-0.2, -0.15) is 0 Å². The standard InChI is InChI=1S/C16H19NO/c1-3-13-8-10-14(11-9-13)18-16-7-5-4-6-15(16)12(2)17/h4-12H,3,17H2,1-2H3/t12-/m1/s1. The Hall–Kier alpha value is -1.80. The van der Waals surface area contributed by atoms with E-state index in [1.807, 2.05) is 43.3 Å². The number of hydrogen-bond donors (Lipinski definition) is 1. The first-order valence-corrected chi connectivity index (χ1v) is 6.32. The average molecular weight is 241 g/mol. The lowest BCUT2D eigenvalue weighted by molar-refractivity contribution is 0.472. The molecule has 1 atom stereocenters. The molecule has 0 saturated heterocycles. The molecule has 0 spiro atoms. The van der Waals surface area contributed by atoms with Crippen molar-refractivity contribution >= 4 is 0 Å². The third-order valence-electron chi connectivity index (χ3n) is 2.97. The number of rotatable bonds is 4. The summed E-state index contributed by atoms with van der Waals surface area (Å²) in [6, 6.07) is 16.0. The molecule has 2 rings (SSSR count). The molecule has 0 aliphatic heterocycles. The maximum atomic E-state index is 5.93. The van der Waals surface area contributed by atoms with Crippen LogP contribution in [0.1, 0.15) is 31.0 Å².